The molecule has 8 heteroatoms. The number of carbonyl (C=O) groups is 3. The molecule has 0 bridgehead atoms. The summed E-state index contributed by atoms with van der Waals surface area (Å²) in [5, 5.41) is 15.5. The van der Waals surface area contributed by atoms with Gasteiger partial charge in [0.15, 0.2) is 0 Å². The van der Waals surface area contributed by atoms with Crippen LogP contribution in [0.1, 0.15) is 60.5 Å². The summed E-state index contributed by atoms with van der Waals surface area (Å²) in [6, 6.07) is 6.12. The molecular formula is C27H42BrN3O4. The van der Waals surface area contributed by atoms with Gasteiger partial charge in [0.25, 0.3) is 0 Å². The quantitative estimate of drug-likeness (QED) is 0.335. The van der Waals surface area contributed by atoms with E-state index in [9.17, 15) is 19.5 Å². The number of nitrogens with one attached hydrogen (secondary N) is 2. The second-order valence-corrected chi connectivity index (χ2v) is 11.4. The Bertz CT molecular complexity index is 927. The minimum atomic E-state index is -1.02. The van der Waals surface area contributed by atoms with Gasteiger partial charge in [-0.3, -0.25) is 9.59 Å². The Morgan fingerprint density at radius 1 is 1.17 bits per heavy atom. The molecule has 1 aromatic rings. The number of aliphatic carboxylic acids is 1. The number of rotatable bonds is 12. The molecule has 7 nitrogen and oxygen atoms in total. The van der Waals surface area contributed by atoms with Crippen molar-refractivity contribution < 1.29 is 19.5 Å². The Kier molecular flexibility index (Phi) is 11.6. The van der Waals surface area contributed by atoms with E-state index < -0.39 is 29.5 Å². The highest BCUT2D eigenvalue weighted by atomic mass is 79.9. The Labute approximate surface area is 218 Å². The van der Waals surface area contributed by atoms with Crippen molar-refractivity contribution in [3.63, 3.8) is 0 Å². The Morgan fingerprint density at radius 2 is 1.77 bits per heavy atom. The smallest absolute Gasteiger partial charge is 0.331 e. The first kappa shape index (κ1) is 30.8. The zero-order valence-corrected chi connectivity index (χ0v) is 24.1. The van der Waals surface area contributed by atoms with E-state index >= 15 is 0 Å². The predicted molar refractivity (Wildman–Crippen MR) is 144 cm³/mol. The molecule has 0 aliphatic carbocycles. The van der Waals surface area contributed by atoms with Crippen molar-refractivity contribution in [2.75, 3.05) is 14.1 Å². The van der Waals surface area contributed by atoms with Crippen LogP contribution in [-0.2, 0) is 19.8 Å². The van der Waals surface area contributed by atoms with E-state index in [4.69, 9.17) is 0 Å². The van der Waals surface area contributed by atoms with Gasteiger partial charge in [-0.05, 0) is 49.9 Å². The number of carboxylic acids is 1. The average molecular weight is 553 g/mol. The van der Waals surface area contributed by atoms with Crippen LogP contribution >= 0.6 is 15.9 Å². The monoisotopic (exact) mass is 551 g/mol. The molecule has 3 N–H and O–H groups in total. The zero-order chi connectivity index (χ0) is 27.1. The maximum absolute atomic E-state index is 13.6. The van der Waals surface area contributed by atoms with E-state index in [-0.39, 0.29) is 29.2 Å². The van der Waals surface area contributed by atoms with Crippen LogP contribution in [0.15, 0.2) is 40.4 Å². The van der Waals surface area contributed by atoms with Crippen LogP contribution in [0.4, 0.5) is 0 Å². The van der Waals surface area contributed by atoms with Crippen molar-refractivity contribution in [2.24, 2.45) is 11.8 Å². The van der Waals surface area contributed by atoms with Gasteiger partial charge in [0, 0.05) is 22.5 Å². The van der Waals surface area contributed by atoms with Crippen molar-refractivity contribution in [3.05, 3.63) is 46.0 Å². The van der Waals surface area contributed by atoms with Crippen LogP contribution in [0.3, 0.4) is 0 Å². The maximum Gasteiger partial charge on any atom is 0.331 e. The van der Waals surface area contributed by atoms with E-state index in [2.05, 4.69) is 26.6 Å². The van der Waals surface area contributed by atoms with Crippen LogP contribution in [0.2, 0.25) is 0 Å². The van der Waals surface area contributed by atoms with Crippen LogP contribution in [0.5, 0.6) is 0 Å². The van der Waals surface area contributed by atoms with Crippen LogP contribution in [-0.4, -0.2) is 60.0 Å². The summed E-state index contributed by atoms with van der Waals surface area (Å²) in [5.41, 5.74) is 0.611. The number of carbonyl (C=O) groups excluding carboxylic acids is 2. The van der Waals surface area contributed by atoms with Crippen molar-refractivity contribution in [1.82, 2.24) is 15.5 Å². The van der Waals surface area contributed by atoms with Gasteiger partial charge in [-0.15, -0.1) is 0 Å². The summed E-state index contributed by atoms with van der Waals surface area (Å²) in [6.07, 6.45) is 2.07. The van der Waals surface area contributed by atoms with Crippen molar-refractivity contribution in [3.8, 4) is 0 Å². The molecule has 0 saturated heterocycles. The summed E-state index contributed by atoms with van der Waals surface area (Å²) < 4.78 is 0.928. The van der Waals surface area contributed by atoms with Crippen LogP contribution in [0, 0.1) is 11.8 Å². The minimum Gasteiger partial charge on any atom is -0.478 e. The predicted octanol–water partition coefficient (Wildman–Crippen LogP) is 4.36. The summed E-state index contributed by atoms with van der Waals surface area (Å²) in [4.78, 5) is 40.0. The maximum atomic E-state index is 13.6. The summed E-state index contributed by atoms with van der Waals surface area (Å²) in [5.74, 6) is -1.36. The van der Waals surface area contributed by atoms with E-state index in [1.54, 1.807) is 25.1 Å². The van der Waals surface area contributed by atoms with Crippen molar-refractivity contribution in [2.45, 2.75) is 78.4 Å². The Hall–Kier alpha value is -2.19. The highest BCUT2D eigenvalue weighted by Gasteiger charge is 2.38. The van der Waals surface area contributed by atoms with E-state index in [1.807, 2.05) is 65.8 Å². The molecule has 0 radical (unpaired) electrons. The van der Waals surface area contributed by atoms with E-state index in [0.717, 1.165) is 10.0 Å². The highest BCUT2D eigenvalue weighted by Crippen LogP contribution is 2.29. The molecule has 0 spiro atoms. The molecule has 0 aliphatic heterocycles. The van der Waals surface area contributed by atoms with Crippen molar-refractivity contribution in [1.29, 1.82) is 0 Å². The van der Waals surface area contributed by atoms with Gasteiger partial charge in [0.05, 0.1) is 12.1 Å². The molecule has 0 aromatic heterocycles. The summed E-state index contributed by atoms with van der Waals surface area (Å²) in [7, 11) is 3.41. The lowest BCUT2D eigenvalue weighted by atomic mass is 9.77. The van der Waals surface area contributed by atoms with E-state index in [1.165, 1.54) is 6.92 Å². The fourth-order valence-corrected chi connectivity index (χ4v) is 4.69. The standard InChI is InChI=1S/C27H42BrN3O4/c1-16(2)13-21(25(33)31(9)22(17(3)4)14-18(5)26(34)35)30-24(32)23(29-8)27(6,7)19-11-10-12-20(28)15-19/h10-12,14-17,21-23,29H,13H2,1-9H3,(H,30,32)(H,34,35)/b18-14+/t21-,22+,23+/m0/s1. The van der Waals surface area contributed by atoms with Crippen LogP contribution in [0.25, 0.3) is 0 Å². The molecule has 0 saturated carbocycles. The first-order chi connectivity index (χ1) is 16.1. The number of hydrogen-bond acceptors (Lipinski definition) is 4. The lowest BCUT2D eigenvalue weighted by Gasteiger charge is -2.36. The third-order valence-electron chi connectivity index (χ3n) is 6.40. The summed E-state index contributed by atoms with van der Waals surface area (Å²) >= 11 is 3.50. The van der Waals surface area contributed by atoms with Gasteiger partial charge in [0.2, 0.25) is 11.8 Å². The summed E-state index contributed by atoms with van der Waals surface area (Å²) in [6.45, 7) is 13.4. The fraction of sp³-hybridized carbons (Fsp3) is 0.593. The molecule has 0 aliphatic rings. The molecule has 35 heavy (non-hydrogen) atoms. The van der Waals surface area contributed by atoms with Gasteiger partial charge in [0.1, 0.15) is 6.04 Å². The topological polar surface area (TPSA) is 98.7 Å². The van der Waals surface area contributed by atoms with Gasteiger partial charge in [-0.25, -0.2) is 4.79 Å². The largest absolute Gasteiger partial charge is 0.478 e. The lowest BCUT2D eigenvalue weighted by Crippen LogP contribution is -2.59. The second-order valence-electron chi connectivity index (χ2n) is 10.5. The molecular weight excluding hydrogens is 510 g/mol. The number of halogens is 1. The Balaban J connectivity index is 3.26. The van der Waals surface area contributed by atoms with E-state index in [0.29, 0.717) is 6.42 Å². The zero-order valence-electron chi connectivity index (χ0n) is 22.5. The van der Waals surface area contributed by atoms with Crippen molar-refractivity contribution >= 4 is 33.7 Å². The van der Waals surface area contributed by atoms with Gasteiger partial charge in [-0.1, -0.05) is 75.7 Å². The average Bonchev–Trinajstić information content (AvgIpc) is 2.75. The van der Waals surface area contributed by atoms with Crippen LogP contribution < -0.4 is 10.6 Å². The Morgan fingerprint density at radius 3 is 2.23 bits per heavy atom. The number of amides is 2. The number of hydrogen-bond donors (Lipinski definition) is 3. The molecule has 0 heterocycles. The third-order valence-corrected chi connectivity index (χ3v) is 6.89. The number of carboxylic acid groups (broad SMARTS) is 1. The number of benzene rings is 1. The molecule has 2 amide bonds. The first-order valence-corrected chi connectivity index (χ1v) is 12.8. The van der Waals surface area contributed by atoms with Gasteiger partial charge < -0.3 is 20.6 Å². The fourth-order valence-electron chi connectivity index (χ4n) is 4.30. The van der Waals surface area contributed by atoms with Gasteiger partial charge in [-0.2, -0.15) is 0 Å². The molecule has 0 fully saturated rings. The molecule has 3 atom stereocenters. The molecule has 0 unspecified atom stereocenters. The molecule has 196 valence electrons. The normalized spacial score (nSPS) is 15.0. The second kappa shape index (κ2) is 13.2. The number of nitrogens with zero attached hydrogens (tertiary/aromatic N) is 1. The molecule has 1 rings (SSSR count). The lowest BCUT2D eigenvalue weighted by molar-refractivity contribution is -0.138. The van der Waals surface area contributed by atoms with Gasteiger partial charge >= 0.3 is 5.97 Å². The SMILES string of the molecule is CN[C@H](C(=O)N[C@@H](CC(C)C)C(=O)N(C)[C@H](/C=C(\C)C(=O)O)C(C)C)C(C)(C)c1cccc(Br)c1. The first-order valence-electron chi connectivity index (χ1n) is 12.0. The minimum absolute atomic E-state index is 0.00540. The third kappa shape index (κ3) is 8.46. The number of likely N-dealkylation sites (N-methyl/N-ethyl adjacent to an activating group) is 2. The highest BCUT2D eigenvalue weighted by molar-refractivity contribution is 9.10. The molecule has 1 aromatic carbocycles.